The topological polar surface area (TPSA) is 0 Å². The zero-order valence-corrected chi connectivity index (χ0v) is 18.5. The summed E-state index contributed by atoms with van der Waals surface area (Å²) in [6, 6.07) is 8.44. The molecule has 1 aromatic carbocycles. The molecule has 3 heteroatoms. The lowest BCUT2D eigenvalue weighted by molar-refractivity contribution is 0.838. The lowest BCUT2D eigenvalue weighted by Gasteiger charge is -2.38. The van der Waals surface area contributed by atoms with Crippen molar-refractivity contribution in [2.75, 3.05) is 0 Å². The number of benzene rings is 1. The molecule has 0 nitrogen and oxygen atoms in total. The summed E-state index contributed by atoms with van der Waals surface area (Å²) in [5.41, 5.74) is 8.06. The largest absolute Gasteiger partial charge is 0.146 e. The van der Waals surface area contributed by atoms with Crippen LogP contribution in [0.25, 0.3) is 6.08 Å². The van der Waals surface area contributed by atoms with Gasteiger partial charge in [-0.1, -0.05) is 59.6 Å². The molecular weight excluding hydrogens is 416 g/mol. The molecule has 0 unspecified atom stereocenters. The molecule has 0 aliphatic heterocycles. The van der Waals surface area contributed by atoms with E-state index in [0.29, 0.717) is 16.6 Å². The highest BCUT2D eigenvalue weighted by Gasteiger charge is 2.41. The summed E-state index contributed by atoms with van der Waals surface area (Å²) in [5.74, 6) is 3.48. The highest BCUT2D eigenvalue weighted by molar-refractivity contribution is 9.28. The minimum absolute atomic E-state index is 0.673. The first kappa shape index (κ1) is 19.7. The van der Waals surface area contributed by atoms with Crippen molar-refractivity contribution in [3.8, 4) is 11.5 Å². The first-order valence-corrected chi connectivity index (χ1v) is 11.7. The molecule has 0 fully saturated rings. The third-order valence-electron chi connectivity index (χ3n) is 4.48. The van der Waals surface area contributed by atoms with E-state index in [1.165, 1.54) is 0 Å². The molecule has 0 spiro atoms. The van der Waals surface area contributed by atoms with Crippen molar-refractivity contribution in [1.29, 1.82) is 0 Å². The number of rotatable bonds is 4. The van der Waals surface area contributed by atoms with Crippen LogP contribution in [0.15, 0.2) is 27.7 Å². The second-order valence-electron chi connectivity index (χ2n) is 6.70. The average molecular weight is 442 g/mol. The molecule has 1 aromatic rings. The smallest absolute Gasteiger partial charge is 0.125 e. The molecule has 0 aliphatic rings. The lowest BCUT2D eigenvalue weighted by atomic mass is 10.1. The quantitative estimate of drug-likeness (QED) is 0.338. The maximum absolute atomic E-state index is 3.76. The van der Waals surface area contributed by atoms with Gasteiger partial charge < -0.3 is 0 Å². The van der Waals surface area contributed by atoms with E-state index in [-0.39, 0.29) is 0 Å². The SMILES string of the molecule is CC(C)[Si](C#Cc1ccc(C=C(Br)Br)cc1)(C(C)C)C(C)C. The molecule has 0 bridgehead atoms. The van der Waals surface area contributed by atoms with Gasteiger partial charge in [-0.05, 0) is 72.3 Å². The third-order valence-corrected chi connectivity index (χ3v) is 11.2. The van der Waals surface area contributed by atoms with E-state index in [9.17, 15) is 0 Å². The van der Waals surface area contributed by atoms with Crippen LogP contribution in [0.1, 0.15) is 52.7 Å². The Bertz CT molecular complexity index is 546. The average Bonchev–Trinajstić information content (AvgIpc) is 2.39. The van der Waals surface area contributed by atoms with Crippen LogP contribution in [0, 0.1) is 11.5 Å². The standard InChI is InChI=1S/C19H26Br2Si/c1-14(2)22(15(3)4,16(5)6)12-11-17-7-9-18(10-8-17)13-19(20)21/h7-10,13-16H,1-6H3. The number of hydrogen-bond donors (Lipinski definition) is 0. The molecule has 0 heterocycles. The highest BCUT2D eigenvalue weighted by Crippen LogP contribution is 2.40. The van der Waals surface area contributed by atoms with Crippen molar-refractivity contribution in [3.63, 3.8) is 0 Å². The van der Waals surface area contributed by atoms with Gasteiger partial charge in [0.25, 0.3) is 0 Å². The Labute approximate surface area is 154 Å². The Morgan fingerprint density at radius 3 is 1.73 bits per heavy atom. The van der Waals surface area contributed by atoms with E-state index in [2.05, 4.69) is 109 Å². The molecule has 0 N–H and O–H groups in total. The first-order chi connectivity index (χ1) is 10.2. The zero-order chi connectivity index (χ0) is 16.9. The Morgan fingerprint density at radius 1 is 0.909 bits per heavy atom. The van der Waals surface area contributed by atoms with E-state index in [0.717, 1.165) is 14.5 Å². The van der Waals surface area contributed by atoms with Gasteiger partial charge in [0.2, 0.25) is 0 Å². The Kier molecular flexibility index (Phi) is 7.65. The maximum atomic E-state index is 3.76. The molecule has 0 atom stereocenters. The minimum atomic E-state index is -1.64. The van der Waals surface area contributed by atoms with Crippen LogP contribution in [0.3, 0.4) is 0 Å². The molecule has 120 valence electrons. The molecule has 0 saturated carbocycles. The third kappa shape index (κ3) is 4.85. The zero-order valence-electron chi connectivity index (χ0n) is 14.4. The normalized spacial score (nSPS) is 11.6. The van der Waals surface area contributed by atoms with Gasteiger partial charge in [0, 0.05) is 5.56 Å². The predicted molar refractivity (Wildman–Crippen MR) is 110 cm³/mol. The van der Waals surface area contributed by atoms with Gasteiger partial charge >= 0.3 is 0 Å². The van der Waals surface area contributed by atoms with Gasteiger partial charge in [-0.3, -0.25) is 0 Å². The van der Waals surface area contributed by atoms with Crippen molar-refractivity contribution in [2.45, 2.75) is 58.2 Å². The van der Waals surface area contributed by atoms with E-state index in [1.807, 2.05) is 6.08 Å². The summed E-state index contributed by atoms with van der Waals surface area (Å²) < 4.78 is 0.949. The molecule has 22 heavy (non-hydrogen) atoms. The second-order valence-corrected chi connectivity index (χ2v) is 15.1. The van der Waals surface area contributed by atoms with Crippen LogP contribution in [-0.4, -0.2) is 8.07 Å². The van der Waals surface area contributed by atoms with Crippen LogP contribution in [0.2, 0.25) is 16.6 Å². The predicted octanol–water partition coefficient (Wildman–Crippen LogP) is 7.34. The highest BCUT2D eigenvalue weighted by atomic mass is 79.9. The van der Waals surface area contributed by atoms with Gasteiger partial charge in [-0.25, -0.2) is 0 Å². The van der Waals surface area contributed by atoms with Crippen LogP contribution < -0.4 is 0 Å². The molecule has 1 rings (SSSR count). The Morgan fingerprint density at radius 2 is 1.36 bits per heavy atom. The van der Waals surface area contributed by atoms with E-state index >= 15 is 0 Å². The van der Waals surface area contributed by atoms with Gasteiger partial charge in [0.1, 0.15) is 8.07 Å². The lowest BCUT2D eigenvalue weighted by Crippen LogP contribution is -2.43. The Balaban J connectivity index is 3.16. The van der Waals surface area contributed by atoms with Crippen molar-refractivity contribution in [1.82, 2.24) is 0 Å². The second kappa shape index (κ2) is 8.52. The molecule has 0 aromatic heterocycles. The van der Waals surface area contributed by atoms with E-state index < -0.39 is 8.07 Å². The molecule has 0 saturated heterocycles. The summed E-state index contributed by atoms with van der Waals surface area (Å²) in [5, 5.41) is 0. The van der Waals surface area contributed by atoms with Gasteiger partial charge in [-0.15, -0.1) is 5.54 Å². The summed E-state index contributed by atoms with van der Waals surface area (Å²) in [6.45, 7) is 14.1. The fraction of sp³-hybridized carbons (Fsp3) is 0.474. The van der Waals surface area contributed by atoms with Crippen LogP contribution in [-0.2, 0) is 0 Å². The fourth-order valence-electron chi connectivity index (χ4n) is 3.40. The van der Waals surface area contributed by atoms with Crippen LogP contribution >= 0.6 is 31.9 Å². The van der Waals surface area contributed by atoms with Crippen LogP contribution in [0.4, 0.5) is 0 Å². The monoisotopic (exact) mass is 440 g/mol. The molecule has 0 amide bonds. The molecular formula is C19H26Br2Si. The summed E-state index contributed by atoms with van der Waals surface area (Å²) in [7, 11) is -1.64. The van der Waals surface area contributed by atoms with Crippen molar-refractivity contribution < 1.29 is 0 Å². The van der Waals surface area contributed by atoms with Crippen LogP contribution in [0.5, 0.6) is 0 Å². The Hall–Kier alpha value is -0.303. The van der Waals surface area contributed by atoms with Gasteiger partial charge in [0.05, 0.1) is 3.39 Å². The number of hydrogen-bond acceptors (Lipinski definition) is 0. The van der Waals surface area contributed by atoms with E-state index in [4.69, 9.17) is 0 Å². The fourth-order valence-corrected chi connectivity index (χ4v) is 9.16. The van der Waals surface area contributed by atoms with Crippen molar-refractivity contribution in [2.24, 2.45) is 0 Å². The summed E-state index contributed by atoms with van der Waals surface area (Å²) in [4.78, 5) is 0. The summed E-state index contributed by atoms with van der Waals surface area (Å²) >= 11 is 6.78. The molecule has 0 aliphatic carbocycles. The number of halogens is 2. The van der Waals surface area contributed by atoms with Crippen molar-refractivity contribution in [3.05, 3.63) is 38.8 Å². The van der Waals surface area contributed by atoms with Gasteiger partial charge in [0.15, 0.2) is 0 Å². The summed E-state index contributed by atoms with van der Waals surface area (Å²) in [6.07, 6.45) is 2.03. The first-order valence-electron chi connectivity index (χ1n) is 7.86. The van der Waals surface area contributed by atoms with E-state index in [1.54, 1.807) is 0 Å². The maximum Gasteiger partial charge on any atom is 0.146 e. The minimum Gasteiger partial charge on any atom is -0.125 e. The van der Waals surface area contributed by atoms with Gasteiger partial charge in [-0.2, -0.15) is 0 Å². The molecule has 0 radical (unpaired) electrons. The van der Waals surface area contributed by atoms with Crippen molar-refractivity contribution >= 4 is 46.0 Å².